The van der Waals surface area contributed by atoms with E-state index in [0.717, 1.165) is 5.56 Å². The largest absolute Gasteiger partial charge is 0.449 e. The lowest BCUT2D eigenvalue weighted by Crippen LogP contribution is -2.31. The van der Waals surface area contributed by atoms with Crippen LogP contribution >= 0.6 is 0 Å². The Hall–Kier alpha value is -2.37. The minimum absolute atomic E-state index is 0.279. The van der Waals surface area contributed by atoms with Crippen LogP contribution in [0.15, 0.2) is 36.8 Å². The van der Waals surface area contributed by atoms with E-state index in [2.05, 4.69) is 9.97 Å². The van der Waals surface area contributed by atoms with Crippen LogP contribution in [0.5, 0.6) is 0 Å². The summed E-state index contributed by atoms with van der Waals surface area (Å²) in [6, 6.07) is 5.95. The number of anilines is 1. The van der Waals surface area contributed by atoms with Gasteiger partial charge in [0.05, 0.1) is 25.7 Å². The fourth-order valence-corrected chi connectivity index (χ4v) is 1.62. The zero-order chi connectivity index (χ0) is 13.7. The number of carbonyl (C=O) groups excluding carboxylic acids is 1. The fourth-order valence-electron chi connectivity index (χ4n) is 1.62. The lowest BCUT2D eigenvalue weighted by Gasteiger charge is -2.19. The van der Waals surface area contributed by atoms with Gasteiger partial charge in [-0.3, -0.25) is 4.90 Å². The number of hydrogen-bond donors (Lipinski definition) is 1. The summed E-state index contributed by atoms with van der Waals surface area (Å²) < 4.78 is 17.8. The molecule has 0 spiro atoms. The van der Waals surface area contributed by atoms with Crippen molar-refractivity contribution in [2.24, 2.45) is 0 Å². The summed E-state index contributed by atoms with van der Waals surface area (Å²) in [5, 5.41) is 0. The van der Waals surface area contributed by atoms with E-state index in [1.807, 2.05) is 0 Å². The third-order valence-corrected chi connectivity index (χ3v) is 2.52. The van der Waals surface area contributed by atoms with E-state index in [4.69, 9.17) is 4.74 Å². The van der Waals surface area contributed by atoms with Crippen LogP contribution in [0.2, 0.25) is 0 Å². The Morgan fingerprint density at radius 3 is 2.74 bits per heavy atom. The second-order valence-electron chi connectivity index (χ2n) is 3.85. The Bertz CT molecular complexity index is 525. The van der Waals surface area contributed by atoms with Gasteiger partial charge in [-0.15, -0.1) is 0 Å². The lowest BCUT2D eigenvalue weighted by atomic mass is 10.2. The van der Waals surface area contributed by atoms with Crippen LogP contribution in [-0.4, -0.2) is 22.7 Å². The molecule has 1 amide bonds. The zero-order valence-corrected chi connectivity index (χ0v) is 10.5. The number of rotatable bonds is 4. The van der Waals surface area contributed by atoms with Gasteiger partial charge in [0.1, 0.15) is 11.6 Å². The number of nitrogens with one attached hydrogen (secondary N) is 1. The first-order valence-corrected chi connectivity index (χ1v) is 5.88. The highest BCUT2D eigenvalue weighted by Gasteiger charge is 2.18. The Morgan fingerprint density at radius 2 is 2.16 bits per heavy atom. The SMILES string of the molecule is CCOC(=O)N(Cc1ccc(F)cc1)c1cnc[nH]1. The fraction of sp³-hybridized carbons (Fsp3) is 0.231. The third kappa shape index (κ3) is 3.31. The number of carbonyl (C=O) groups is 1. The number of nitrogens with zero attached hydrogens (tertiary/aromatic N) is 2. The average molecular weight is 263 g/mol. The standard InChI is InChI=1S/C13H14FN3O2/c1-2-19-13(18)17(12-7-15-9-16-12)8-10-3-5-11(14)6-4-10/h3-7,9H,2,8H2,1H3,(H,15,16). The van der Waals surface area contributed by atoms with Crippen molar-refractivity contribution in [2.75, 3.05) is 11.5 Å². The van der Waals surface area contributed by atoms with E-state index in [9.17, 15) is 9.18 Å². The second kappa shape index (κ2) is 5.99. The van der Waals surface area contributed by atoms with Gasteiger partial charge in [-0.2, -0.15) is 0 Å². The molecule has 0 aliphatic carbocycles. The third-order valence-electron chi connectivity index (χ3n) is 2.52. The molecule has 5 nitrogen and oxygen atoms in total. The summed E-state index contributed by atoms with van der Waals surface area (Å²) in [5.74, 6) is 0.218. The molecule has 100 valence electrons. The van der Waals surface area contributed by atoms with Crippen molar-refractivity contribution in [3.8, 4) is 0 Å². The Morgan fingerprint density at radius 1 is 1.42 bits per heavy atom. The molecule has 0 unspecified atom stereocenters. The maximum Gasteiger partial charge on any atom is 0.415 e. The van der Waals surface area contributed by atoms with Gasteiger partial charge in [-0.25, -0.2) is 14.2 Å². The van der Waals surface area contributed by atoms with Crippen molar-refractivity contribution in [2.45, 2.75) is 13.5 Å². The number of hydrogen-bond acceptors (Lipinski definition) is 3. The molecule has 0 fully saturated rings. The molecule has 0 aliphatic heterocycles. The number of imidazole rings is 1. The highest BCUT2D eigenvalue weighted by Crippen LogP contribution is 2.15. The van der Waals surface area contributed by atoms with Gasteiger partial charge < -0.3 is 9.72 Å². The number of aromatic amines is 1. The topological polar surface area (TPSA) is 58.2 Å². The van der Waals surface area contributed by atoms with E-state index in [-0.39, 0.29) is 19.0 Å². The predicted molar refractivity (Wildman–Crippen MR) is 68.2 cm³/mol. The van der Waals surface area contributed by atoms with Crippen molar-refractivity contribution >= 4 is 11.9 Å². The van der Waals surface area contributed by atoms with Gasteiger partial charge in [0, 0.05) is 0 Å². The monoisotopic (exact) mass is 263 g/mol. The quantitative estimate of drug-likeness (QED) is 0.922. The van der Waals surface area contributed by atoms with E-state index in [0.29, 0.717) is 5.82 Å². The van der Waals surface area contributed by atoms with Crippen molar-refractivity contribution in [3.63, 3.8) is 0 Å². The summed E-state index contributed by atoms with van der Waals surface area (Å²) in [7, 11) is 0. The minimum atomic E-state index is -0.476. The van der Waals surface area contributed by atoms with Gasteiger partial charge in [-0.05, 0) is 24.6 Å². The maximum absolute atomic E-state index is 12.9. The second-order valence-corrected chi connectivity index (χ2v) is 3.85. The molecule has 2 aromatic rings. The zero-order valence-electron chi connectivity index (χ0n) is 10.5. The summed E-state index contributed by atoms with van der Waals surface area (Å²) in [4.78, 5) is 20.0. The molecule has 1 heterocycles. The minimum Gasteiger partial charge on any atom is -0.449 e. The first-order chi connectivity index (χ1) is 9.20. The highest BCUT2D eigenvalue weighted by atomic mass is 19.1. The molecule has 1 aromatic heterocycles. The van der Waals surface area contributed by atoms with Gasteiger partial charge >= 0.3 is 6.09 Å². The average Bonchev–Trinajstić information content (AvgIpc) is 2.92. The smallest absolute Gasteiger partial charge is 0.415 e. The van der Waals surface area contributed by atoms with Gasteiger partial charge in [0.2, 0.25) is 0 Å². The first-order valence-electron chi connectivity index (χ1n) is 5.88. The van der Waals surface area contributed by atoms with Crippen LogP contribution in [0, 0.1) is 5.82 Å². The van der Waals surface area contributed by atoms with Crippen LogP contribution in [0.3, 0.4) is 0 Å². The molecular weight excluding hydrogens is 249 g/mol. The molecule has 1 aromatic carbocycles. The number of amides is 1. The summed E-state index contributed by atoms with van der Waals surface area (Å²) in [6.45, 7) is 2.30. The van der Waals surface area contributed by atoms with E-state index in [1.54, 1.807) is 19.1 Å². The van der Waals surface area contributed by atoms with Crippen LogP contribution in [0.1, 0.15) is 12.5 Å². The Kier molecular flexibility index (Phi) is 4.12. The Labute approximate surface area is 110 Å². The van der Waals surface area contributed by atoms with Gasteiger partial charge in [0.25, 0.3) is 0 Å². The molecule has 0 saturated heterocycles. The van der Waals surface area contributed by atoms with Crippen LogP contribution in [0.25, 0.3) is 0 Å². The van der Waals surface area contributed by atoms with Crippen LogP contribution in [-0.2, 0) is 11.3 Å². The highest BCUT2D eigenvalue weighted by molar-refractivity contribution is 5.86. The predicted octanol–water partition coefficient (Wildman–Crippen LogP) is 2.71. The molecule has 19 heavy (non-hydrogen) atoms. The molecule has 0 bridgehead atoms. The number of halogens is 1. The van der Waals surface area contributed by atoms with Crippen molar-refractivity contribution in [3.05, 3.63) is 48.2 Å². The summed E-state index contributed by atoms with van der Waals surface area (Å²) in [5.41, 5.74) is 0.795. The summed E-state index contributed by atoms with van der Waals surface area (Å²) in [6.07, 6.45) is 2.53. The van der Waals surface area contributed by atoms with Gasteiger partial charge in [0.15, 0.2) is 0 Å². The number of H-pyrrole nitrogens is 1. The maximum atomic E-state index is 12.9. The van der Waals surface area contributed by atoms with Crippen molar-refractivity contribution in [1.82, 2.24) is 9.97 Å². The number of aromatic nitrogens is 2. The lowest BCUT2D eigenvalue weighted by molar-refractivity contribution is 0.159. The van der Waals surface area contributed by atoms with Crippen LogP contribution in [0.4, 0.5) is 15.0 Å². The van der Waals surface area contributed by atoms with E-state index >= 15 is 0 Å². The molecule has 0 radical (unpaired) electrons. The van der Waals surface area contributed by atoms with E-state index < -0.39 is 6.09 Å². The molecular formula is C13H14FN3O2. The molecule has 0 aliphatic rings. The van der Waals surface area contributed by atoms with Crippen molar-refractivity contribution < 1.29 is 13.9 Å². The molecule has 2 rings (SSSR count). The first kappa shape index (κ1) is 13.1. The van der Waals surface area contributed by atoms with Crippen LogP contribution < -0.4 is 4.90 Å². The number of ether oxygens (including phenoxy) is 1. The van der Waals surface area contributed by atoms with Crippen molar-refractivity contribution in [1.29, 1.82) is 0 Å². The number of benzene rings is 1. The molecule has 0 saturated carbocycles. The normalized spacial score (nSPS) is 10.2. The van der Waals surface area contributed by atoms with Gasteiger partial charge in [-0.1, -0.05) is 12.1 Å². The summed E-state index contributed by atoms with van der Waals surface area (Å²) >= 11 is 0. The molecule has 6 heteroatoms. The Balaban J connectivity index is 2.18. The molecule has 1 N–H and O–H groups in total. The molecule has 0 atom stereocenters. The van der Waals surface area contributed by atoms with E-state index in [1.165, 1.54) is 29.6 Å².